The molecule has 0 spiro atoms. The first-order valence-electron chi connectivity index (χ1n) is 4.07. The Morgan fingerprint density at radius 2 is 2.13 bits per heavy atom. The Bertz CT molecular complexity index is 443. The molecule has 0 saturated carbocycles. The number of allylic oxidation sites excluding steroid dienone is 1. The summed E-state index contributed by atoms with van der Waals surface area (Å²) in [6.45, 7) is 5.19. The highest BCUT2D eigenvalue weighted by molar-refractivity contribution is 7.87. The van der Waals surface area contributed by atoms with Gasteiger partial charge in [-0.05, 0) is 24.6 Å². The van der Waals surface area contributed by atoms with Crippen molar-refractivity contribution in [2.24, 2.45) is 4.40 Å². The number of hydrogen-bond donors (Lipinski definition) is 0. The number of hydrogen-bond acceptors (Lipinski definition) is 1. The Morgan fingerprint density at radius 3 is 2.67 bits per heavy atom. The second kappa shape index (κ2) is 5.45. The van der Waals surface area contributed by atoms with Gasteiger partial charge in [0.25, 0.3) is 0 Å². The molecule has 0 radical (unpaired) electrons. The van der Waals surface area contributed by atoms with Gasteiger partial charge in [0.05, 0.1) is 10.0 Å². The molecule has 0 heterocycles. The van der Waals surface area contributed by atoms with Crippen molar-refractivity contribution in [1.29, 1.82) is 0 Å². The first-order valence-corrected chi connectivity index (χ1v) is 5.93. The second-order valence-electron chi connectivity index (χ2n) is 2.86. The van der Waals surface area contributed by atoms with Gasteiger partial charge in [-0.15, -0.1) is 0 Å². The van der Waals surface area contributed by atoms with Crippen LogP contribution in [0.2, 0.25) is 10.0 Å². The Kier molecular flexibility index (Phi) is 4.51. The average Bonchev–Trinajstić information content (AvgIpc) is 2.19. The normalized spacial score (nSPS) is 13.0. The van der Waals surface area contributed by atoms with Gasteiger partial charge in [-0.25, -0.2) is 4.21 Å². The minimum atomic E-state index is -1.39. The highest BCUT2D eigenvalue weighted by atomic mass is 35.5. The van der Waals surface area contributed by atoms with Gasteiger partial charge in [0.15, 0.2) is 11.0 Å². The van der Waals surface area contributed by atoms with Crippen LogP contribution < -0.4 is 0 Å². The largest absolute Gasteiger partial charge is 0.230 e. The molecular weight excluding hydrogens is 253 g/mol. The van der Waals surface area contributed by atoms with Crippen LogP contribution in [0.3, 0.4) is 0 Å². The first-order chi connectivity index (χ1) is 7.00. The molecule has 0 aliphatic heterocycles. The zero-order valence-corrected chi connectivity index (χ0v) is 10.4. The molecule has 80 valence electrons. The van der Waals surface area contributed by atoms with Crippen LogP contribution in [0.25, 0.3) is 0 Å². The van der Waals surface area contributed by atoms with E-state index in [2.05, 4.69) is 11.0 Å². The van der Waals surface area contributed by atoms with E-state index >= 15 is 0 Å². The molecule has 2 nitrogen and oxygen atoms in total. The third-order valence-corrected chi connectivity index (χ3v) is 3.17. The van der Waals surface area contributed by atoms with E-state index in [0.29, 0.717) is 15.0 Å². The van der Waals surface area contributed by atoms with Crippen molar-refractivity contribution < 1.29 is 4.21 Å². The van der Waals surface area contributed by atoms with Crippen LogP contribution in [0.15, 0.2) is 34.1 Å². The molecule has 0 bridgehead atoms. The van der Waals surface area contributed by atoms with E-state index in [1.165, 1.54) is 6.21 Å². The molecule has 0 aliphatic rings. The lowest BCUT2D eigenvalue weighted by molar-refractivity contribution is 0.688. The maximum atomic E-state index is 11.2. The minimum Gasteiger partial charge on any atom is -0.230 e. The number of benzene rings is 1. The van der Waals surface area contributed by atoms with Gasteiger partial charge in [-0.3, -0.25) is 0 Å². The van der Waals surface area contributed by atoms with E-state index in [1.54, 1.807) is 25.1 Å². The summed E-state index contributed by atoms with van der Waals surface area (Å²) in [7, 11) is -1.39. The van der Waals surface area contributed by atoms with Gasteiger partial charge < -0.3 is 0 Å². The highest BCUT2D eigenvalue weighted by Gasteiger charge is 1.98. The maximum Gasteiger partial charge on any atom is 0.167 e. The Morgan fingerprint density at radius 1 is 1.47 bits per heavy atom. The maximum absolute atomic E-state index is 11.2. The van der Waals surface area contributed by atoms with Crippen LogP contribution in [-0.2, 0) is 11.0 Å². The summed E-state index contributed by atoms with van der Waals surface area (Å²) in [6.07, 6.45) is 1.48. The number of rotatable bonds is 3. The molecule has 5 heteroatoms. The number of nitrogens with zero attached hydrogens (tertiary/aromatic N) is 1. The van der Waals surface area contributed by atoms with Crippen molar-refractivity contribution in [2.75, 3.05) is 0 Å². The van der Waals surface area contributed by atoms with E-state index < -0.39 is 11.0 Å². The van der Waals surface area contributed by atoms with E-state index in [0.717, 1.165) is 5.56 Å². The monoisotopic (exact) mass is 261 g/mol. The van der Waals surface area contributed by atoms with Gasteiger partial charge in [-0.1, -0.05) is 35.8 Å². The number of halogens is 2. The third kappa shape index (κ3) is 3.78. The van der Waals surface area contributed by atoms with E-state index in [4.69, 9.17) is 23.2 Å². The molecule has 0 saturated heterocycles. The molecule has 0 fully saturated rings. The molecule has 1 unspecified atom stereocenters. The fraction of sp³-hybridized carbons (Fsp3) is 0.100. The summed E-state index contributed by atoms with van der Waals surface area (Å²) in [6, 6.07) is 5.06. The summed E-state index contributed by atoms with van der Waals surface area (Å²) in [5, 5.41) is 0.927. The van der Waals surface area contributed by atoms with Crippen LogP contribution in [-0.4, -0.2) is 10.4 Å². The molecule has 1 aromatic rings. The van der Waals surface area contributed by atoms with Gasteiger partial charge in [0, 0.05) is 11.1 Å². The summed E-state index contributed by atoms with van der Waals surface area (Å²) < 4.78 is 15.0. The molecule has 1 aromatic carbocycles. The van der Waals surface area contributed by atoms with Crippen LogP contribution in [0.5, 0.6) is 0 Å². The van der Waals surface area contributed by atoms with Gasteiger partial charge in [0.1, 0.15) is 0 Å². The van der Waals surface area contributed by atoms with Gasteiger partial charge >= 0.3 is 0 Å². The second-order valence-corrected chi connectivity index (χ2v) is 5.08. The van der Waals surface area contributed by atoms with E-state index in [1.807, 2.05) is 0 Å². The minimum absolute atomic E-state index is 0.446. The molecule has 1 atom stereocenters. The molecule has 15 heavy (non-hydrogen) atoms. The zero-order chi connectivity index (χ0) is 11.4. The first kappa shape index (κ1) is 12.4. The summed E-state index contributed by atoms with van der Waals surface area (Å²) in [5.74, 6) is 0. The molecule has 1 rings (SSSR count). The fourth-order valence-electron chi connectivity index (χ4n) is 0.791. The zero-order valence-electron chi connectivity index (χ0n) is 8.04. The standard InChI is InChI=1S/C10H9Cl2NOS/c1-7(2)15(14)13-6-8-3-4-9(11)10(12)5-8/h3-6H,1H2,2H3. The van der Waals surface area contributed by atoms with E-state index in [-0.39, 0.29) is 0 Å². The average molecular weight is 262 g/mol. The molecule has 0 aromatic heterocycles. The van der Waals surface area contributed by atoms with Crippen molar-refractivity contribution in [3.05, 3.63) is 45.3 Å². The summed E-state index contributed by atoms with van der Waals surface area (Å²) in [4.78, 5) is 0.506. The quantitative estimate of drug-likeness (QED) is 0.765. The van der Waals surface area contributed by atoms with Crippen LogP contribution in [0, 0.1) is 0 Å². The SMILES string of the molecule is C=C(C)S(=O)N=Cc1ccc(Cl)c(Cl)c1. The summed E-state index contributed by atoms with van der Waals surface area (Å²) in [5.41, 5.74) is 0.749. The predicted molar refractivity (Wildman–Crippen MR) is 67.0 cm³/mol. The van der Waals surface area contributed by atoms with Crippen LogP contribution >= 0.6 is 23.2 Å². The lowest BCUT2D eigenvalue weighted by Gasteiger charge is -1.97. The Hall–Kier alpha value is -0.640. The molecule has 0 aliphatic carbocycles. The highest BCUT2D eigenvalue weighted by Crippen LogP contribution is 2.21. The molecule has 0 amide bonds. The van der Waals surface area contributed by atoms with Gasteiger partial charge in [0.2, 0.25) is 0 Å². The van der Waals surface area contributed by atoms with Crippen LogP contribution in [0.4, 0.5) is 0 Å². The lowest BCUT2D eigenvalue weighted by Crippen LogP contribution is -1.87. The Balaban J connectivity index is 2.86. The van der Waals surface area contributed by atoms with Crippen LogP contribution in [0.1, 0.15) is 12.5 Å². The molecule has 0 N–H and O–H groups in total. The predicted octanol–water partition coefficient (Wildman–Crippen LogP) is 3.61. The molecular formula is C10H9Cl2NOS. The summed E-state index contributed by atoms with van der Waals surface area (Å²) >= 11 is 11.5. The van der Waals surface area contributed by atoms with Crippen molar-refractivity contribution in [2.45, 2.75) is 6.92 Å². The lowest BCUT2D eigenvalue weighted by atomic mass is 10.2. The topological polar surface area (TPSA) is 29.4 Å². The van der Waals surface area contributed by atoms with Crippen molar-refractivity contribution in [1.82, 2.24) is 0 Å². The van der Waals surface area contributed by atoms with E-state index in [9.17, 15) is 4.21 Å². The van der Waals surface area contributed by atoms with Crippen molar-refractivity contribution in [3.63, 3.8) is 0 Å². The van der Waals surface area contributed by atoms with Gasteiger partial charge in [-0.2, -0.15) is 4.40 Å². The fourth-order valence-corrected chi connectivity index (χ4v) is 1.50. The van der Waals surface area contributed by atoms with Crippen molar-refractivity contribution >= 4 is 40.4 Å². The third-order valence-electron chi connectivity index (χ3n) is 1.54. The smallest absolute Gasteiger partial charge is 0.167 e. The Labute approximate surface area is 101 Å². The van der Waals surface area contributed by atoms with Crippen molar-refractivity contribution in [3.8, 4) is 0 Å².